The number of alkyl halides is 2. The number of esters is 1. The van der Waals surface area contributed by atoms with Crippen LogP contribution in [0.2, 0.25) is 0 Å². The normalized spacial score (nSPS) is 11.8. The Morgan fingerprint density at radius 3 is 2.78 bits per heavy atom. The zero-order valence-corrected chi connectivity index (χ0v) is 10.00. The molecule has 0 N–H and O–H groups in total. The predicted molar refractivity (Wildman–Crippen MR) is 61.5 cm³/mol. The van der Waals surface area contributed by atoms with Gasteiger partial charge in [-0.15, -0.1) is 0 Å². The van der Waals surface area contributed by atoms with Crippen molar-refractivity contribution in [3.8, 4) is 0 Å². The van der Waals surface area contributed by atoms with Crippen LogP contribution in [0.15, 0.2) is 28.7 Å². The molecule has 0 saturated heterocycles. The molecule has 0 aliphatic carbocycles. The van der Waals surface area contributed by atoms with Gasteiger partial charge in [-0.05, 0) is 32.0 Å². The number of halogens is 2. The molecule has 0 unspecified atom stereocenters. The molecule has 1 aromatic carbocycles. The van der Waals surface area contributed by atoms with Gasteiger partial charge in [0.2, 0.25) is 0 Å². The second-order valence-corrected chi connectivity index (χ2v) is 3.95. The summed E-state index contributed by atoms with van der Waals surface area (Å²) in [5.74, 6) is -6.05. The minimum absolute atomic E-state index is 0.103. The van der Waals surface area contributed by atoms with Crippen molar-refractivity contribution in [3.63, 3.8) is 0 Å². The van der Waals surface area contributed by atoms with Gasteiger partial charge in [0, 0.05) is 5.39 Å². The van der Waals surface area contributed by atoms with Crippen molar-refractivity contribution in [3.05, 3.63) is 35.6 Å². The van der Waals surface area contributed by atoms with E-state index >= 15 is 0 Å². The molecule has 96 valence electrons. The third-order valence-electron chi connectivity index (χ3n) is 2.51. The van der Waals surface area contributed by atoms with E-state index in [0.29, 0.717) is 11.0 Å². The van der Waals surface area contributed by atoms with Crippen molar-refractivity contribution in [2.75, 3.05) is 6.61 Å². The molecule has 0 bridgehead atoms. The van der Waals surface area contributed by atoms with Crippen molar-refractivity contribution in [2.24, 2.45) is 0 Å². The first-order chi connectivity index (χ1) is 8.45. The molecule has 1 heterocycles. The van der Waals surface area contributed by atoms with Crippen LogP contribution in [-0.2, 0) is 15.5 Å². The predicted octanol–water partition coefficient (Wildman–Crippen LogP) is 3.40. The summed E-state index contributed by atoms with van der Waals surface area (Å²) in [6.45, 7) is 3.21. The number of carbonyl (C=O) groups is 1. The number of fused-ring (bicyclic) bond motifs is 1. The Kier molecular flexibility index (Phi) is 3.07. The van der Waals surface area contributed by atoms with Gasteiger partial charge in [-0.25, -0.2) is 4.79 Å². The molecule has 2 aromatic rings. The molecule has 0 saturated carbocycles. The molecule has 0 fully saturated rings. The summed E-state index contributed by atoms with van der Waals surface area (Å²) in [4.78, 5) is 11.2. The van der Waals surface area contributed by atoms with E-state index in [0.717, 1.165) is 5.56 Å². The summed E-state index contributed by atoms with van der Waals surface area (Å²) in [6, 6.07) is 6.22. The lowest BCUT2D eigenvalue weighted by Gasteiger charge is -2.11. The Hall–Kier alpha value is -1.91. The third kappa shape index (κ3) is 2.08. The van der Waals surface area contributed by atoms with Gasteiger partial charge >= 0.3 is 11.9 Å². The van der Waals surface area contributed by atoms with Crippen molar-refractivity contribution < 1.29 is 22.7 Å². The quantitative estimate of drug-likeness (QED) is 0.788. The zero-order valence-electron chi connectivity index (χ0n) is 10.00. The average Bonchev–Trinajstić information content (AvgIpc) is 2.72. The van der Waals surface area contributed by atoms with Gasteiger partial charge in [-0.2, -0.15) is 8.78 Å². The topological polar surface area (TPSA) is 39.4 Å². The lowest BCUT2D eigenvalue weighted by atomic mass is 10.1. The van der Waals surface area contributed by atoms with Crippen molar-refractivity contribution >= 4 is 16.9 Å². The van der Waals surface area contributed by atoms with E-state index in [4.69, 9.17) is 4.42 Å². The van der Waals surface area contributed by atoms with Gasteiger partial charge in [0.1, 0.15) is 5.58 Å². The van der Waals surface area contributed by atoms with E-state index in [1.165, 1.54) is 13.0 Å². The molecule has 3 nitrogen and oxygen atoms in total. The monoisotopic (exact) mass is 254 g/mol. The SMILES string of the molecule is CCOC(=O)C(F)(F)c1cc2cc(C)ccc2o1. The van der Waals surface area contributed by atoms with Gasteiger partial charge in [0.25, 0.3) is 0 Å². The van der Waals surface area contributed by atoms with Gasteiger partial charge in [-0.1, -0.05) is 11.6 Å². The second kappa shape index (κ2) is 4.40. The minimum atomic E-state index is -3.76. The smallest absolute Gasteiger partial charge is 0.399 e. The summed E-state index contributed by atoms with van der Waals surface area (Å²) in [7, 11) is 0. The molecule has 2 rings (SSSR count). The van der Waals surface area contributed by atoms with E-state index in [2.05, 4.69) is 4.74 Å². The summed E-state index contributed by atoms with van der Waals surface area (Å²) in [6.07, 6.45) is 0. The van der Waals surface area contributed by atoms with Crippen LogP contribution in [0.3, 0.4) is 0 Å². The van der Waals surface area contributed by atoms with Crippen LogP contribution in [0.4, 0.5) is 8.78 Å². The molecule has 18 heavy (non-hydrogen) atoms. The molecule has 1 aromatic heterocycles. The van der Waals surface area contributed by atoms with Gasteiger partial charge in [0.05, 0.1) is 6.61 Å². The number of furan rings is 1. The Balaban J connectivity index is 2.44. The minimum Gasteiger partial charge on any atom is -0.461 e. The van der Waals surface area contributed by atoms with E-state index in [1.54, 1.807) is 18.2 Å². The third-order valence-corrected chi connectivity index (χ3v) is 2.51. The number of rotatable bonds is 3. The fraction of sp³-hybridized carbons (Fsp3) is 0.308. The molecule has 0 atom stereocenters. The van der Waals surface area contributed by atoms with Crippen LogP contribution in [0.1, 0.15) is 18.2 Å². The lowest BCUT2D eigenvalue weighted by Crippen LogP contribution is -2.27. The summed E-state index contributed by atoms with van der Waals surface area (Å²) in [5.41, 5.74) is 1.24. The Morgan fingerprint density at radius 1 is 1.39 bits per heavy atom. The Bertz CT molecular complexity index is 587. The number of benzene rings is 1. The standard InChI is InChI=1S/C13H12F2O3/c1-3-17-12(16)13(14,15)11-7-9-6-8(2)4-5-10(9)18-11/h4-7H,3H2,1-2H3. The highest BCUT2D eigenvalue weighted by atomic mass is 19.3. The fourth-order valence-electron chi connectivity index (χ4n) is 1.64. The van der Waals surface area contributed by atoms with E-state index in [9.17, 15) is 13.6 Å². The van der Waals surface area contributed by atoms with Crippen molar-refractivity contribution in [1.82, 2.24) is 0 Å². The summed E-state index contributed by atoms with van der Waals surface area (Å²) < 4.78 is 36.8. The van der Waals surface area contributed by atoms with Crippen molar-refractivity contribution in [1.29, 1.82) is 0 Å². The molecule has 0 aliphatic rings. The number of carbonyl (C=O) groups excluding carboxylic acids is 1. The van der Waals surface area contributed by atoms with E-state index in [-0.39, 0.29) is 6.61 Å². The summed E-state index contributed by atoms with van der Waals surface area (Å²) in [5, 5.41) is 0.536. The molecule has 0 radical (unpaired) electrons. The Morgan fingerprint density at radius 2 is 2.11 bits per heavy atom. The molecular formula is C13H12F2O3. The molecule has 0 aliphatic heterocycles. The first-order valence-electron chi connectivity index (χ1n) is 5.51. The maximum Gasteiger partial charge on any atom is 0.399 e. The first-order valence-corrected chi connectivity index (χ1v) is 5.51. The van der Waals surface area contributed by atoms with E-state index < -0.39 is 17.7 Å². The number of ether oxygens (including phenoxy) is 1. The average molecular weight is 254 g/mol. The molecule has 0 amide bonds. The van der Waals surface area contributed by atoms with Crippen LogP contribution in [0.5, 0.6) is 0 Å². The van der Waals surface area contributed by atoms with Crippen LogP contribution < -0.4 is 0 Å². The first kappa shape index (κ1) is 12.5. The van der Waals surface area contributed by atoms with Gasteiger partial charge in [-0.3, -0.25) is 0 Å². The van der Waals surface area contributed by atoms with Crippen molar-refractivity contribution in [2.45, 2.75) is 19.8 Å². The molecule has 5 heteroatoms. The highest BCUT2D eigenvalue weighted by Gasteiger charge is 2.46. The zero-order chi connectivity index (χ0) is 13.3. The molecule has 0 spiro atoms. The maximum atomic E-state index is 13.7. The molecular weight excluding hydrogens is 242 g/mol. The van der Waals surface area contributed by atoms with Crippen LogP contribution in [0.25, 0.3) is 11.0 Å². The van der Waals surface area contributed by atoms with Gasteiger partial charge in [0.15, 0.2) is 5.76 Å². The number of hydrogen-bond acceptors (Lipinski definition) is 3. The Labute approximate surface area is 102 Å². The maximum absolute atomic E-state index is 13.7. The number of hydrogen-bond donors (Lipinski definition) is 0. The largest absolute Gasteiger partial charge is 0.461 e. The van der Waals surface area contributed by atoms with E-state index in [1.807, 2.05) is 6.92 Å². The second-order valence-electron chi connectivity index (χ2n) is 3.95. The summed E-state index contributed by atoms with van der Waals surface area (Å²) >= 11 is 0. The van der Waals surface area contributed by atoms with Gasteiger partial charge < -0.3 is 9.15 Å². The lowest BCUT2D eigenvalue weighted by molar-refractivity contribution is -0.175. The van der Waals surface area contributed by atoms with Crippen LogP contribution in [0, 0.1) is 6.92 Å². The van der Waals surface area contributed by atoms with Crippen LogP contribution >= 0.6 is 0 Å². The fourth-order valence-corrected chi connectivity index (χ4v) is 1.64. The highest BCUT2D eigenvalue weighted by molar-refractivity contribution is 5.83. The van der Waals surface area contributed by atoms with Crippen LogP contribution in [-0.4, -0.2) is 12.6 Å². The highest BCUT2D eigenvalue weighted by Crippen LogP contribution is 2.34. The number of aryl methyl sites for hydroxylation is 1.